The number of carbonyl (C=O) groups excluding carboxylic acids is 3. The highest BCUT2D eigenvalue weighted by molar-refractivity contribution is 6.01. The summed E-state index contributed by atoms with van der Waals surface area (Å²) in [5.74, 6) is -4.09. The first kappa shape index (κ1) is 21.1. The molecule has 2 aromatic carbocycles. The van der Waals surface area contributed by atoms with Gasteiger partial charge in [0.05, 0.1) is 32.3 Å². The van der Waals surface area contributed by atoms with Gasteiger partial charge in [-0.15, -0.1) is 0 Å². The average Bonchev–Trinajstić information content (AvgIpc) is 3.35. The molecule has 2 aliphatic heterocycles. The fraction of sp³-hybridized carbons (Fsp3) is 0.375. The molecule has 0 aliphatic carbocycles. The van der Waals surface area contributed by atoms with Crippen LogP contribution in [-0.2, 0) is 28.6 Å². The summed E-state index contributed by atoms with van der Waals surface area (Å²) in [6.07, 6.45) is -0.616. The topological polar surface area (TPSA) is 82.1 Å². The molecule has 0 radical (unpaired) electrons. The minimum absolute atomic E-state index is 0.146. The Hall–Kier alpha value is -3.19. The molecule has 1 amide bonds. The molecule has 31 heavy (non-hydrogen) atoms. The fourth-order valence-electron chi connectivity index (χ4n) is 4.73. The number of rotatable bonds is 6. The van der Waals surface area contributed by atoms with Gasteiger partial charge in [-0.2, -0.15) is 0 Å². The molecule has 2 aromatic rings. The Morgan fingerprint density at radius 2 is 1.74 bits per heavy atom. The highest BCUT2D eigenvalue weighted by atomic mass is 16.5. The lowest BCUT2D eigenvalue weighted by molar-refractivity contribution is -0.156. The Kier molecular flexibility index (Phi) is 6.04. The van der Waals surface area contributed by atoms with Crippen LogP contribution >= 0.6 is 0 Å². The summed E-state index contributed by atoms with van der Waals surface area (Å²) in [5.41, 5.74) is 1.50. The molecule has 0 bridgehead atoms. The van der Waals surface area contributed by atoms with Crippen LogP contribution in [0.4, 0.5) is 0 Å². The van der Waals surface area contributed by atoms with Gasteiger partial charge >= 0.3 is 11.9 Å². The zero-order chi connectivity index (χ0) is 22.0. The molecule has 0 N–H and O–H groups in total. The Bertz CT molecular complexity index is 947. The van der Waals surface area contributed by atoms with Gasteiger partial charge in [-0.1, -0.05) is 60.7 Å². The maximum Gasteiger partial charge on any atom is 0.318 e. The molecule has 1 unspecified atom stereocenters. The van der Waals surface area contributed by atoms with E-state index >= 15 is 0 Å². The summed E-state index contributed by atoms with van der Waals surface area (Å²) in [5, 5.41) is 0. The normalized spacial score (nSPS) is 25.7. The lowest BCUT2D eigenvalue weighted by Gasteiger charge is -2.28. The Morgan fingerprint density at radius 1 is 1.10 bits per heavy atom. The molecule has 2 heterocycles. The minimum Gasteiger partial charge on any atom is -0.469 e. The SMILES string of the molecule is CCOC(=O)[C@@H]1C(=O)N2[C@@H](c3ccccc3)OC[C@@H]2[C@H]1C(C(=O)OC)c1ccccc1. The maximum atomic E-state index is 13.5. The second kappa shape index (κ2) is 8.89. The van der Waals surface area contributed by atoms with Gasteiger partial charge in [0.25, 0.3) is 0 Å². The van der Waals surface area contributed by atoms with Crippen molar-refractivity contribution in [2.24, 2.45) is 11.8 Å². The zero-order valence-corrected chi connectivity index (χ0v) is 17.5. The van der Waals surface area contributed by atoms with E-state index in [9.17, 15) is 14.4 Å². The monoisotopic (exact) mass is 423 g/mol. The molecule has 0 spiro atoms. The van der Waals surface area contributed by atoms with Crippen LogP contribution in [0, 0.1) is 11.8 Å². The predicted octanol–water partition coefficient (Wildman–Crippen LogP) is 2.68. The highest BCUT2D eigenvalue weighted by Gasteiger charge is 2.61. The second-order valence-corrected chi connectivity index (χ2v) is 7.63. The van der Waals surface area contributed by atoms with E-state index in [1.54, 1.807) is 24.0 Å². The average molecular weight is 423 g/mol. The molecule has 2 saturated heterocycles. The number of amides is 1. The van der Waals surface area contributed by atoms with Crippen molar-refractivity contribution < 1.29 is 28.6 Å². The Labute approximate surface area is 180 Å². The van der Waals surface area contributed by atoms with Crippen LogP contribution < -0.4 is 0 Å². The summed E-state index contributed by atoms with van der Waals surface area (Å²) >= 11 is 0. The Morgan fingerprint density at radius 3 is 2.35 bits per heavy atom. The molecule has 5 atom stereocenters. The van der Waals surface area contributed by atoms with Gasteiger partial charge in [0.1, 0.15) is 5.92 Å². The number of fused-ring (bicyclic) bond motifs is 1. The lowest BCUT2D eigenvalue weighted by atomic mass is 9.76. The van der Waals surface area contributed by atoms with Crippen molar-refractivity contribution in [3.05, 3.63) is 71.8 Å². The van der Waals surface area contributed by atoms with Crippen molar-refractivity contribution >= 4 is 17.8 Å². The van der Waals surface area contributed by atoms with Gasteiger partial charge in [-0.05, 0) is 12.5 Å². The van der Waals surface area contributed by atoms with Gasteiger partial charge in [0, 0.05) is 11.5 Å². The quantitative estimate of drug-likeness (QED) is 0.525. The number of methoxy groups -OCH3 is 1. The smallest absolute Gasteiger partial charge is 0.318 e. The molecule has 0 saturated carbocycles. The van der Waals surface area contributed by atoms with Crippen LogP contribution in [0.15, 0.2) is 60.7 Å². The van der Waals surface area contributed by atoms with Crippen LogP contribution in [0.2, 0.25) is 0 Å². The molecule has 2 aliphatic rings. The summed E-state index contributed by atoms with van der Waals surface area (Å²) < 4.78 is 16.3. The van der Waals surface area contributed by atoms with Crippen LogP contribution in [0.5, 0.6) is 0 Å². The van der Waals surface area contributed by atoms with Gasteiger partial charge in [0.15, 0.2) is 6.23 Å². The van der Waals surface area contributed by atoms with Crippen molar-refractivity contribution in [3.63, 3.8) is 0 Å². The van der Waals surface area contributed by atoms with E-state index in [0.717, 1.165) is 5.56 Å². The van der Waals surface area contributed by atoms with Crippen molar-refractivity contribution in [3.8, 4) is 0 Å². The predicted molar refractivity (Wildman–Crippen MR) is 111 cm³/mol. The number of nitrogens with zero attached hydrogens (tertiary/aromatic N) is 1. The zero-order valence-electron chi connectivity index (χ0n) is 17.5. The van der Waals surface area contributed by atoms with E-state index in [2.05, 4.69) is 0 Å². The lowest BCUT2D eigenvalue weighted by Crippen LogP contribution is -2.38. The maximum absolute atomic E-state index is 13.5. The van der Waals surface area contributed by atoms with Crippen LogP contribution in [0.1, 0.15) is 30.2 Å². The van der Waals surface area contributed by atoms with Gasteiger partial charge < -0.3 is 19.1 Å². The first-order valence-corrected chi connectivity index (χ1v) is 10.4. The van der Waals surface area contributed by atoms with E-state index in [1.165, 1.54) is 7.11 Å². The van der Waals surface area contributed by atoms with Gasteiger partial charge in [-0.25, -0.2) is 0 Å². The largest absolute Gasteiger partial charge is 0.469 e. The third-order valence-electron chi connectivity index (χ3n) is 6.01. The molecule has 162 valence electrons. The molecule has 7 heteroatoms. The first-order chi connectivity index (χ1) is 15.1. The number of carbonyl (C=O) groups is 3. The van der Waals surface area contributed by atoms with Crippen molar-refractivity contribution in [2.75, 3.05) is 20.3 Å². The van der Waals surface area contributed by atoms with E-state index in [-0.39, 0.29) is 19.1 Å². The first-order valence-electron chi connectivity index (χ1n) is 10.4. The van der Waals surface area contributed by atoms with Crippen LogP contribution in [0.3, 0.4) is 0 Å². The van der Waals surface area contributed by atoms with E-state index < -0.39 is 42.0 Å². The number of hydrogen-bond donors (Lipinski definition) is 0. The summed E-state index contributed by atoms with van der Waals surface area (Å²) in [6, 6.07) is 18.0. The molecular weight excluding hydrogens is 398 g/mol. The van der Waals surface area contributed by atoms with Gasteiger partial charge in [-0.3, -0.25) is 14.4 Å². The summed E-state index contributed by atoms with van der Waals surface area (Å²) in [7, 11) is 1.31. The number of esters is 2. The Balaban J connectivity index is 1.79. The van der Waals surface area contributed by atoms with Crippen molar-refractivity contribution in [1.29, 1.82) is 0 Å². The van der Waals surface area contributed by atoms with Crippen molar-refractivity contribution in [2.45, 2.75) is 25.1 Å². The third kappa shape index (κ3) is 3.70. The van der Waals surface area contributed by atoms with Crippen LogP contribution in [0.25, 0.3) is 0 Å². The number of hydrogen-bond acceptors (Lipinski definition) is 6. The number of ether oxygens (including phenoxy) is 3. The standard InChI is InChI=1S/C24H25NO6/c1-3-30-24(28)20-19(18(23(27)29-2)15-10-6-4-7-11-15)17-14-31-22(25(17)21(20)26)16-12-8-5-9-13-16/h4-13,17-20,22H,3,14H2,1-2H3/t17-,18?,19+,20+,22-/m1/s1. The third-order valence-corrected chi connectivity index (χ3v) is 6.01. The van der Waals surface area contributed by atoms with E-state index in [1.807, 2.05) is 48.5 Å². The van der Waals surface area contributed by atoms with E-state index in [0.29, 0.717) is 5.56 Å². The number of benzene rings is 2. The fourth-order valence-corrected chi connectivity index (χ4v) is 4.73. The van der Waals surface area contributed by atoms with E-state index in [4.69, 9.17) is 14.2 Å². The molecule has 0 aromatic heterocycles. The minimum atomic E-state index is -1.11. The van der Waals surface area contributed by atoms with Gasteiger partial charge in [0.2, 0.25) is 5.91 Å². The molecule has 2 fully saturated rings. The van der Waals surface area contributed by atoms with Crippen molar-refractivity contribution in [1.82, 2.24) is 4.90 Å². The van der Waals surface area contributed by atoms with Crippen LogP contribution in [-0.4, -0.2) is 49.1 Å². The molecule has 4 rings (SSSR count). The molecular formula is C24H25NO6. The highest BCUT2D eigenvalue weighted by Crippen LogP contribution is 2.49. The second-order valence-electron chi connectivity index (χ2n) is 7.63. The summed E-state index contributed by atoms with van der Waals surface area (Å²) in [4.78, 5) is 41.0. The molecule has 7 nitrogen and oxygen atoms in total. The summed E-state index contributed by atoms with van der Waals surface area (Å²) in [6.45, 7) is 2.05.